The van der Waals surface area contributed by atoms with Gasteiger partial charge in [-0.05, 0) is 30.4 Å². The molecule has 1 aliphatic rings. The Kier molecular flexibility index (Phi) is 4.45. The minimum Gasteiger partial charge on any atom is -0.477 e. The van der Waals surface area contributed by atoms with Gasteiger partial charge in [-0.2, -0.15) is 0 Å². The number of aromatic carboxylic acids is 1. The fraction of sp³-hybridized carbons (Fsp3) is 0.533. The lowest BCUT2D eigenvalue weighted by Gasteiger charge is -2.35. The van der Waals surface area contributed by atoms with Crippen molar-refractivity contribution in [3.05, 3.63) is 33.9 Å². The predicted molar refractivity (Wildman–Crippen MR) is 79.6 cm³/mol. The number of nitro groups is 1. The van der Waals surface area contributed by atoms with Gasteiger partial charge in [-0.25, -0.2) is 4.79 Å². The van der Waals surface area contributed by atoms with E-state index in [1.54, 1.807) is 6.07 Å². The molecule has 1 saturated carbocycles. The summed E-state index contributed by atoms with van der Waals surface area (Å²) in [5.74, 6) is -0.175. The molecule has 1 fully saturated rings. The first kappa shape index (κ1) is 15.3. The van der Waals surface area contributed by atoms with Gasteiger partial charge in [0, 0.05) is 17.8 Å². The quantitative estimate of drug-likeness (QED) is 0.654. The van der Waals surface area contributed by atoms with E-state index in [1.807, 2.05) is 0 Å². The van der Waals surface area contributed by atoms with E-state index < -0.39 is 10.9 Å². The molecule has 21 heavy (non-hydrogen) atoms. The lowest BCUT2D eigenvalue weighted by molar-refractivity contribution is -0.385. The van der Waals surface area contributed by atoms with Gasteiger partial charge in [-0.3, -0.25) is 10.1 Å². The van der Waals surface area contributed by atoms with Gasteiger partial charge in [0.25, 0.3) is 5.69 Å². The average molecular weight is 292 g/mol. The van der Waals surface area contributed by atoms with Crippen molar-refractivity contribution in [1.29, 1.82) is 0 Å². The number of carbonyl (C=O) groups is 1. The molecule has 1 aromatic rings. The van der Waals surface area contributed by atoms with E-state index in [2.05, 4.69) is 19.2 Å². The summed E-state index contributed by atoms with van der Waals surface area (Å²) in [5, 5.41) is 23.3. The number of nitrogens with one attached hydrogen (secondary N) is 1. The van der Waals surface area contributed by atoms with Crippen LogP contribution in [0.1, 0.15) is 43.5 Å². The van der Waals surface area contributed by atoms with E-state index in [4.69, 9.17) is 5.11 Å². The standard InChI is InChI=1S/C15H20N2O4/c1-9-4-3-5-13(10(9)2)16-11-6-7-14(17(20)21)12(8-11)15(18)19/h6-10,13,16H,3-5H2,1-2H3,(H,18,19). The second kappa shape index (κ2) is 6.11. The van der Waals surface area contributed by atoms with Crippen LogP contribution in [-0.4, -0.2) is 22.0 Å². The van der Waals surface area contributed by atoms with Crippen molar-refractivity contribution in [3.8, 4) is 0 Å². The molecule has 2 rings (SSSR count). The summed E-state index contributed by atoms with van der Waals surface area (Å²) in [6, 6.07) is 4.46. The van der Waals surface area contributed by atoms with Crippen molar-refractivity contribution in [2.24, 2.45) is 11.8 Å². The molecule has 6 nitrogen and oxygen atoms in total. The van der Waals surface area contributed by atoms with Gasteiger partial charge in [-0.1, -0.05) is 26.7 Å². The number of anilines is 1. The Hall–Kier alpha value is -2.11. The Morgan fingerprint density at radius 3 is 2.71 bits per heavy atom. The summed E-state index contributed by atoms with van der Waals surface area (Å²) in [4.78, 5) is 21.3. The van der Waals surface area contributed by atoms with Crippen LogP contribution in [0.5, 0.6) is 0 Å². The lowest BCUT2D eigenvalue weighted by Crippen LogP contribution is -2.35. The Morgan fingerprint density at radius 1 is 1.38 bits per heavy atom. The summed E-state index contributed by atoms with van der Waals surface area (Å²) in [7, 11) is 0. The van der Waals surface area contributed by atoms with Crippen LogP contribution in [0.15, 0.2) is 18.2 Å². The number of benzene rings is 1. The highest BCUT2D eigenvalue weighted by Crippen LogP contribution is 2.32. The Bertz CT molecular complexity index is 559. The Labute approximate surface area is 123 Å². The molecule has 1 aliphatic carbocycles. The summed E-state index contributed by atoms with van der Waals surface area (Å²) < 4.78 is 0. The third-order valence-electron chi connectivity index (χ3n) is 4.48. The van der Waals surface area contributed by atoms with E-state index in [0.29, 0.717) is 17.5 Å². The molecule has 2 N–H and O–H groups in total. The number of rotatable bonds is 4. The first-order valence-electron chi connectivity index (χ1n) is 7.18. The first-order chi connectivity index (χ1) is 9.90. The van der Waals surface area contributed by atoms with E-state index in [-0.39, 0.29) is 17.3 Å². The highest BCUT2D eigenvalue weighted by molar-refractivity contribution is 5.93. The van der Waals surface area contributed by atoms with Gasteiger partial charge < -0.3 is 10.4 Å². The molecule has 3 unspecified atom stereocenters. The van der Waals surface area contributed by atoms with E-state index in [1.165, 1.54) is 18.6 Å². The number of carboxylic acids is 1. The molecule has 0 saturated heterocycles. The number of nitrogens with zero attached hydrogens (tertiary/aromatic N) is 1. The van der Waals surface area contributed by atoms with E-state index in [0.717, 1.165) is 12.8 Å². The highest BCUT2D eigenvalue weighted by Gasteiger charge is 2.27. The molecule has 3 atom stereocenters. The number of hydrogen-bond donors (Lipinski definition) is 2. The van der Waals surface area contributed by atoms with Crippen molar-refractivity contribution in [2.75, 3.05) is 5.32 Å². The van der Waals surface area contributed by atoms with Gasteiger partial charge in [0.15, 0.2) is 0 Å². The smallest absolute Gasteiger partial charge is 0.342 e. The predicted octanol–water partition coefficient (Wildman–Crippen LogP) is 3.53. The molecule has 114 valence electrons. The van der Waals surface area contributed by atoms with Gasteiger partial charge in [0.2, 0.25) is 0 Å². The normalized spacial score (nSPS) is 25.3. The van der Waals surface area contributed by atoms with Crippen LogP contribution in [0.25, 0.3) is 0 Å². The molecule has 6 heteroatoms. The van der Waals surface area contributed by atoms with Crippen molar-refractivity contribution in [1.82, 2.24) is 0 Å². The number of nitro benzene ring substituents is 1. The van der Waals surface area contributed by atoms with Gasteiger partial charge in [-0.15, -0.1) is 0 Å². The zero-order chi connectivity index (χ0) is 15.6. The third kappa shape index (κ3) is 3.32. The van der Waals surface area contributed by atoms with Gasteiger partial charge >= 0.3 is 5.97 Å². The van der Waals surface area contributed by atoms with Crippen molar-refractivity contribution in [2.45, 2.75) is 39.2 Å². The molecule has 1 aromatic carbocycles. The minimum atomic E-state index is -1.28. The van der Waals surface area contributed by atoms with Crippen molar-refractivity contribution in [3.63, 3.8) is 0 Å². The molecule has 0 amide bonds. The summed E-state index contributed by atoms with van der Waals surface area (Å²) in [6.07, 6.45) is 3.38. The monoisotopic (exact) mass is 292 g/mol. The molecule has 0 aromatic heterocycles. The minimum absolute atomic E-state index is 0.275. The van der Waals surface area contributed by atoms with Crippen LogP contribution >= 0.6 is 0 Å². The van der Waals surface area contributed by atoms with Crippen molar-refractivity contribution < 1.29 is 14.8 Å². The molecular weight excluding hydrogens is 272 g/mol. The van der Waals surface area contributed by atoms with Crippen LogP contribution in [0.4, 0.5) is 11.4 Å². The number of carboxylic acid groups (broad SMARTS) is 1. The van der Waals surface area contributed by atoms with Crippen LogP contribution in [0.3, 0.4) is 0 Å². The number of hydrogen-bond acceptors (Lipinski definition) is 4. The zero-order valence-corrected chi connectivity index (χ0v) is 12.2. The molecule has 0 heterocycles. The first-order valence-corrected chi connectivity index (χ1v) is 7.18. The van der Waals surface area contributed by atoms with E-state index in [9.17, 15) is 14.9 Å². The SMILES string of the molecule is CC1CCCC(Nc2ccc([N+](=O)[O-])c(C(=O)O)c2)C1C. The van der Waals surface area contributed by atoms with Gasteiger partial charge in [0.05, 0.1) is 4.92 Å². The van der Waals surface area contributed by atoms with Crippen LogP contribution in [0, 0.1) is 22.0 Å². The Balaban J connectivity index is 2.23. The lowest BCUT2D eigenvalue weighted by atomic mass is 9.78. The molecular formula is C15H20N2O4. The highest BCUT2D eigenvalue weighted by atomic mass is 16.6. The Morgan fingerprint density at radius 2 is 2.10 bits per heavy atom. The van der Waals surface area contributed by atoms with Crippen molar-refractivity contribution >= 4 is 17.3 Å². The molecule has 0 aliphatic heterocycles. The maximum absolute atomic E-state index is 11.2. The third-order valence-corrected chi connectivity index (χ3v) is 4.48. The van der Waals surface area contributed by atoms with Crippen LogP contribution in [-0.2, 0) is 0 Å². The summed E-state index contributed by atoms with van der Waals surface area (Å²) in [6.45, 7) is 4.40. The fourth-order valence-electron chi connectivity index (χ4n) is 2.96. The zero-order valence-electron chi connectivity index (χ0n) is 12.2. The van der Waals surface area contributed by atoms with E-state index >= 15 is 0 Å². The average Bonchev–Trinajstić information content (AvgIpc) is 2.43. The maximum atomic E-state index is 11.2. The molecule has 0 radical (unpaired) electrons. The maximum Gasteiger partial charge on any atom is 0.342 e. The summed E-state index contributed by atoms with van der Waals surface area (Å²) >= 11 is 0. The summed E-state index contributed by atoms with van der Waals surface area (Å²) in [5.41, 5.74) is -0.0245. The second-order valence-corrected chi connectivity index (χ2v) is 5.81. The van der Waals surface area contributed by atoms with Crippen LogP contribution < -0.4 is 5.32 Å². The largest absolute Gasteiger partial charge is 0.477 e. The fourth-order valence-corrected chi connectivity index (χ4v) is 2.96. The van der Waals surface area contributed by atoms with Gasteiger partial charge in [0.1, 0.15) is 5.56 Å². The second-order valence-electron chi connectivity index (χ2n) is 5.81. The molecule has 0 bridgehead atoms. The topological polar surface area (TPSA) is 92.5 Å². The molecule has 0 spiro atoms. The van der Waals surface area contributed by atoms with Crippen LogP contribution in [0.2, 0.25) is 0 Å².